The lowest BCUT2D eigenvalue weighted by Gasteiger charge is -2.00. The largest absolute Gasteiger partial charge is 0.513 e. The van der Waals surface area contributed by atoms with Crippen molar-refractivity contribution >= 4 is 7.91 Å². The van der Waals surface area contributed by atoms with Crippen molar-refractivity contribution in [2.45, 2.75) is 26.1 Å². The minimum atomic E-state index is -4.16. The fourth-order valence-electron chi connectivity index (χ4n) is 0.593. The van der Waals surface area contributed by atoms with Gasteiger partial charge >= 0.3 is 7.91 Å². The highest BCUT2D eigenvalue weighted by molar-refractivity contribution is 7.48. The first-order valence-corrected chi connectivity index (χ1v) is 4.11. The van der Waals surface area contributed by atoms with Gasteiger partial charge in [0, 0.05) is 0 Å². The first kappa shape index (κ1) is 7.19. The van der Waals surface area contributed by atoms with Crippen LogP contribution in [0.15, 0.2) is 0 Å². The predicted molar refractivity (Wildman–Crippen MR) is 29.8 cm³/mol. The molecule has 1 aliphatic heterocycles. The molecule has 2 atom stereocenters. The zero-order valence-electron chi connectivity index (χ0n) is 5.20. The third-order valence-electron chi connectivity index (χ3n) is 1.25. The first-order valence-electron chi connectivity index (χ1n) is 2.68. The molecule has 1 rings (SSSR count). The Bertz CT molecular complexity index is 146. The highest BCUT2D eigenvalue weighted by atomic mass is 31.2. The van der Waals surface area contributed by atoms with Gasteiger partial charge in [0.25, 0.3) is 0 Å². The second-order valence-corrected chi connectivity index (χ2v) is 3.33. The summed E-state index contributed by atoms with van der Waals surface area (Å²) in [4.78, 5) is 0. The monoisotopic (exact) mass is 154 g/mol. The summed E-state index contributed by atoms with van der Waals surface area (Å²) in [7, 11) is -4.16. The molecule has 9 heavy (non-hydrogen) atoms. The summed E-state index contributed by atoms with van der Waals surface area (Å²) in [5, 5.41) is 0. The SMILES string of the molecule is CC1OP(=O)(F)OC1C. The van der Waals surface area contributed by atoms with Crippen molar-refractivity contribution in [3.63, 3.8) is 0 Å². The van der Waals surface area contributed by atoms with Crippen LogP contribution in [0.3, 0.4) is 0 Å². The molecule has 1 saturated heterocycles. The van der Waals surface area contributed by atoms with Gasteiger partial charge in [-0.1, -0.05) is 0 Å². The van der Waals surface area contributed by atoms with Crippen LogP contribution in [-0.4, -0.2) is 12.2 Å². The van der Waals surface area contributed by atoms with Crippen molar-refractivity contribution in [1.29, 1.82) is 0 Å². The maximum atomic E-state index is 12.2. The van der Waals surface area contributed by atoms with E-state index >= 15 is 0 Å². The number of hydrogen-bond acceptors (Lipinski definition) is 3. The second kappa shape index (κ2) is 2.04. The molecule has 0 N–H and O–H groups in total. The number of rotatable bonds is 0. The van der Waals surface area contributed by atoms with Crippen LogP contribution in [0, 0.1) is 0 Å². The smallest absolute Gasteiger partial charge is 0.278 e. The molecule has 54 valence electrons. The van der Waals surface area contributed by atoms with E-state index in [1.54, 1.807) is 13.8 Å². The normalized spacial score (nSPS) is 51.9. The Morgan fingerprint density at radius 2 is 1.67 bits per heavy atom. The van der Waals surface area contributed by atoms with Gasteiger partial charge < -0.3 is 0 Å². The van der Waals surface area contributed by atoms with E-state index in [0.29, 0.717) is 0 Å². The molecule has 3 nitrogen and oxygen atoms in total. The van der Waals surface area contributed by atoms with Crippen LogP contribution in [0.25, 0.3) is 0 Å². The van der Waals surface area contributed by atoms with E-state index in [9.17, 15) is 8.76 Å². The van der Waals surface area contributed by atoms with E-state index in [1.165, 1.54) is 0 Å². The second-order valence-electron chi connectivity index (χ2n) is 2.05. The van der Waals surface area contributed by atoms with Crippen LogP contribution in [-0.2, 0) is 13.6 Å². The van der Waals surface area contributed by atoms with Crippen molar-refractivity contribution in [2.24, 2.45) is 0 Å². The van der Waals surface area contributed by atoms with Gasteiger partial charge in [-0.2, -0.15) is 0 Å². The molecule has 0 aromatic heterocycles. The van der Waals surface area contributed by atoms with Crippen LogP contribution in [0.2, 0.25) is 0 Å². The average molecular weight is 154 g/mol. The van der Waals surface area contributed by atoms with Gasteiger partial charge in [0.2, 0.25) is 0 Å². The molecule has 0 bridgehead atoms. The molecule has 0 saturated carbocycles. The lowest BCUT2D eigenvalue weighted by atomic mass is 10.3. The maximum Gasteiger partial charge on any atom is 0.513 e. The predicted octanol–water partition coefficient (Wildman–Crippen LogP) is 1.89. The zero-order valence-corrected chi connectivity index (χ0v) is 6.10. The standard InChI is InChI=1S/C4H8FO3P/c1-3-4(2)8-9(5,6)7-3/h3-4H,1-2H3. The fourth-order valence-corrected chi connectivity index (χ4v) is 1.78. The minimum absolute atomic E-state index is 0.402. The summed E-state index contributed by atoms with van der Waals surface area (Å²) in [6.07, 6.45) is -0.804. The van der Waals surface area contributed by atoms with Crippen LogP contribution in [0.5, 0.6) is 0 Å². The van der Waals surface area contributed by atoms with Crippen LogP contribution >= 0.6 is 7.91 Å². The molecule has 0 aromatic carbocycles. The Morgan fingerprint density at radius 3 is 1.78 bits per heavy atom. The van der Waals surface area contributed by atoms with Crippen LogP contribution < -0.4 is 0 Å². The van der Waals surface area contributed by atoms with Crippen LogP contribution in [0.4, 0.5) is 4.20 Å². The summed E-state index contributed by atoms with van der Waals surface area (Å²) in [5.74, 6) is 0. The van der Waals surface area contributed by atoms with Gasteiger partial charge in [-0.25, -0.2) is 4.57 Å². The Kier molecular flexibility index (Phi) is 1.63. The lowest BCUT2D eigenvalue weighted by molar-refractivity contribution is 0.187. The number of hydrogen-bond donors (Lipinski definition) is 0. The molecule has 1 fully saturated rings. The minimum Gasteiger partial charge on any atom is -0.278 e. The lowest BCUT2D eigenvalue weighted by Crippen LogP contribution is -2.13. The van der Waals surface area contributed by atoms with Gasteiger partial charge in [0.1, 0.15) is 0 Å². The topological polar surface area (TPSA) is 35.5 Å². The Labute approximate surface area is 52.8 Å². The highest BCUT2D eigenvalue weighted by Crippen LogP contribution is 2.57. The third kappa shape index (κ3) is 1.51. The van der Waals surface area contributed by atoms with E-state index in [4.69, 9.17) is 0 Å². The van der Waals surface area contributed by atoms with Crippen molar-refractivity contribution in [1.82, 2.24) is 0 Å². The molecule has 1 aliphatic rings. The van der Waals surface area contributed by atoms with Crippen molar-refractivity contribution in [3.05, 3.63) is 0 Å². The Hall–Kier alpha value is 0.0800. The molecule has 5 heteroatoms. The van der Waals surface area contributed by atoms with E-state index < -0.39 is 20.1 Å². The summed E-state index contributed by atoms with van der Waals surface area (Å²) in [5.41, 5.74) is 0. The number of halogens is 1. The molecule has 2 unspecified atom stereocenters. The van der Waals surface area contributed by atoms with E-state index in [-0.39, 0.29) is 0 Å². The van der Waals surface area contributed by atoms with Gasteiger partial charge in [0.15, 0.2) is 0 Å². The summed E-state index contributed by atoms with van der Waals surface area (Å²) >= 11 is 0. The fraction of sp³-hybridized carbons (Fsp3) is 1.00. The third-order valence-corrected chi connectivity index (χ3v) is 2.41. The first-order chi connectivity index (χ1) is 4.01. The van der Waals surface area contributed by atoms with Gasteiger partial charge in [0.05, 0.1) is 12.2 Å². The molecule has 0 spiro atoms. The summed E-state index contributed by atoms with van der Waals surface area (Å²) in [6, 6.07) is 0. The van der Waals surface area contributed by atoms with Crippen molar-refractivity contribution in [3.8, 4) is 0 Å². The molecule has 0 aromatic rings. The Balaban J connectivity index is 2.65. The summed E-state index contributed by atoms with van der Waals surface area (Å²) < 4.78 is 31.2. The molecule has 1 heterocycles. The molecular weight excluding hydrogens is 146 g/mol. The van der Waals surface area contributed by atoms with Crippen LogP contribution in [0.1, 0.15) is 13.8 Å². The van der Waals surface area contributed by atoms with E-state index in [2.05, 4.69) is 9.05 Å². The van der Waals surface area contributed by atoms with Crippen molar-refractivity contribution < 1.29 is 17.8 Å². The quantitative estimate of drug-likeness (QED) is 0.499. The van der Waals surface area contributed by atoms with Gasteiger partial charge in [-0.05, 0) is 13.8 Å². The molecule has 0 amide bonds. The van der Waals surface area contributed by atoms with Gasteiger partial charge in [-0.3, -0.25) is 9.05 Å². The highest BCUT2D eigenvalue weighted by Gasteiger charge is 2.40. The average Bonchev–Trinajstić information content (AvgIpc) is 1.79. The zero-order chi connectivity index (χ0) is 7.07. The van der Waals surface area contributed by atoms with E-state index in [1.807, 2.05) is 0 Å². The molecule has 0 aliphatic carbocycles. The molecule has 0 radical (unpaired) electrons. The van der Waals surface area contributed by atoms with Crippen molar-refractivity contribution in [2.75, 3.05) is 0 Å². The molecular formula is C4H8FO3P. The maximum absolute atomic E-state index is 12.2. The Morgan fingerprint density at radius 1 is 1.33 bits per heavy atom. The van der Waals surface area contributed by atoms with E-state index in [0.717, 1.165) is 0 Å². The van der Waals surface area contributed by atoms with Gasteiger partial charge in [-0.15, -0.1) is 4.20 Å². The summed E-state index contributed by atoms with van der Waals surface area (Å²) in [6.45, 7) is 3.23.